The zero-order valence-electron chi connectivity index (χ0n) is 7.00. The molecule has 0 saturated carbocycles. The van der Waals surface area contributed by atoms with Crippen LogP contribution in [-0.2, 0) is 4.79 Å². The normalized spacial score (nSPS) is 25.7. The lowest BCUT2D eigenvalue weighted by Gasteiger charge is -2.44. The molecule has 0 aromatic heterocycles. The Bertz CT molecular complexity index is 173. The molecule has 11 heavy (non-hydrogen) atoms. The quantitative estimate of drug-likeness (QED) is 0.526. The van der Waals surface area contributed by atoms with Crippen molar-refractivity contribution in [3.05, 3.63) is 0 Å². The summed E-state index contributed by atoms with van der Waals surface area (Å²) < 4.78 is 0. The van der Waals surface area contributed by atoms with Gasteiger partial charge in [-0.3, -0.25) is 4.79 Å². The van der Waals surface area contributed by atoms with E-state index in [9.17, 15) is 4.79 Å². The summed E-state index contributed by atoms with van der Waals surface area (Å²) in [6, 6.07) is 0. The van der Waals surface area contributed by atoms with E-state index in [1.807, 2.05) is 7.05 Å². The molecular weight excluding hydrogens is 142 g/mol. The molecule has 1 amide bonds. The van der Waals surface area contributed by atoms with E-state index >= 15 is 0 Å². The molecule has 1 heterocycles. The molecule has 1 aliphatic heterocycles. The van der Waals surface area contributed by atoms with E-state index in [0.717, 1.165) is 13.1 Å². The lowest BCUT2D eigenvalue weighted by Crippen LogP contribution is -2.64. The van der Waals surface area contributed by atoms with E-state index in [-0.39, 0.29) is 5.92 Å². The van der Waals surface area contributed by atoms with Gasteiger partial charge in [0.1, 0.15) is 0 Å². The van der Waals surface area contributed by atoms with E-state index in [0.29, 0.717) is 0 Å². The molecule has 1 unspecified atom stereocenters. The highest BCUT2D eigenvalue weighted by atomic mass is 16.1. The van der Waals surface area contributed by atoms with Gasteiger partial charge in [-0.2, -0.15) is 0 Å². The molecule has 1 fully saturated rings. The molecule has 64 valence electrons. The molecule has 1 aliphatic rings. The molecule has 1 rings (SSSR count). The molecule has 1 atom stereocenters. The van der Waals surface area contributed by atoms with Crippen molar-refractivity contribution in [3.8, 4) is 0 Å². The zero-order chi connectivity index (χ0) is 8.65. The minimum Gasteiger partial charge on any atom is -0.368 e. The van der Waals surface area contributed by atoms with Crippen LogP contribution in [0.25, 0.3) is 0 Å². The molecule has 1 saturated heterocycles. The molecular formula is C7H15N3O. The molecule has 0 spiro atoms. The average molecular weight is 157 g/mol. The van der Waals surface area contributed by atoms with Crippen LogP contribution in [-0.4, -0.2) is 36.5 Å². The summed E-state index contributed by atoms with van der Waals surface area (Å²) in [7, 11) is 1.99. The minimum atomic E-state index is -0.827. The molecule has 0 aliphatic carbocycles. The Hall–Kier alpha value is -0.610. The maximum Gasteiger partial charge on any atom is 0.237 e. The number of nitrogens with zero attached hydrogens (tertiary/aromatic N) is 1. The predicted molar refractivity (Wildman–Crippen MR) is 42.8 cm³/mol. The highest BCUT2D eigenvalue weighted by molar-refractivity contribution is 5.84. The van der Waals surface area contributed by atoms with Gasteiger partial charge < -0.3 is 16.4 Å². The highest BCUT2D eigenvalue weighted by Crippen LogP contribution is 2.23. The van der Waals surface area contributed by atoms with Crippen LogP contribution < -0.4 is 11.5 Å². The summed E-state index contributed by atoms with van der Waals surface area (Å²) in [6.07, 6.45) is 0. The fourth-order valence-electron chi connectivity index (χ4n) is 1.28. The van der Waals surface area contributed by atoms with Crippen LogP contribution in [0.3, 0.4) is 0 Å². The second-order valence-corrected chi connectivity index (χ2v) is 3.57. The molecule has 0 aromatic rings. The summed E-state index contributed by atoms with van der Waals surface area (Å²) >= 11 is 0. The van der Waals surface area contributed by atoms with Crippen molar-refractivity contribution < 1.29 is 4.79 Å². The SMILES string of the molecule is CN1CC(C(C)(N)C(N)=O)C1. The maximum atomic E-state index is 10.8. The topological polar surface area (TPSA) is 72.3 Å². The van der Waals surface area contributed by atoms with Crippen LogP contribution in [0.15, 0.2) is 0 Å². The Morgan fingerprint density at radius 1 is 1.64 bits per heavy atom. The van der Waals surface area contributed by atoms with E-state index in [1.165, 1.54) is 0 Å². The van der Waals surface area contributed by atoms with E-state index < -0.39 is 11.4 Å². The minimum absolute atomic E-state index is 0.227. The Labute approximate surface area is 66.5 Å². The fourth-order valence-corrected chi connectivity index (χ4v) is 1.28. The van der Waals surface area contributed by atoms with Gasteiger partial charge in [0.15, 0.2) is 0 Å². The predicted octanol–water partition coefficient (Wildman–Crippen LogP) is -1.25. The highest BCUT2D eigenvalue weighted by Gasteiger charge is 2.41. The van der Waals surface area contributed by atoms with E-state index in [4.69, 9.17) is 11.5 Å². The van der Waals surface area contributed by atoms with Gasteiger partial charge in [0.05, 0.1) is 5.54 Å². The van der Waals surface area contributed by atoms with E-state index in [2.05, 4.69) is 4.90 Å². The smallest absolute Gasteiger partial charge is 0.237 e. The number of nitrogens with two attached hydrogens (primary N) is 2. The second kappa shape index (κ2) is 2.46. The third-order valence-electron chi connectivity index (χ3n) is 2.44. The first-order chi connectivity index (χ1) is 4.94. The van der Waals surface area contributed by atoms with Crippen molar-refractivity contribution in [2.75, 3.05) is 20.1 Å². The van der Waals surface area contributed by atoms with Crippen LogP contribution >= 0.6 is 0 Å². The Morgan fingerprint density at radius 3 is 2.36 bits per heavy atom. The number of carbonyl (C=O) groups is 1. The summed E-state index contributed by atoms with van der Waals surface area (Å²) in [5, 5.41) is 0. The standard InChI is InChI=1S/C7H15N3O/c1-7(9,6(8)11)5-3-10(2)4-5/h5H,3-4,9H2,1-2H3,(H2,8,11). The Balaban J connectivity index is 2.53. The summed E-state index contributed by atoms with van der Waals surface area (Å²) in [6.45, 7) is 3.44. The van der Waals surface area contributed by atoms with Gasteiger partial charge in [0.25, 0.3) is 0 Å². The number of carbonyl (C=O) groups excluding carboxylic acids is 1. The van der Waals surface area contributed by atoms with Gasteiger partial charge >= 0.3 is 0 Å². The zero-order valence-corrected chi connectivity index (χ0v) is 7.00. The molecule has 4 nitrogen and oxygen atoms in total. The van der Waals surface area contributed by atoms with Gasteiger partial charge in [-0.15, -0.1) is 0 Å². The van der Waals surface area contributed by atoms with Crippen molar-refractivity contribution in [2.45, 2.75) is 12.5 Å². The Kier molecular flexibility index (Phi) is 1.90. The first-order valence-electron chi connectivity index (χ1n) is 3.72. The van der Waals surface area contributed by atoms with Gasteiger partial charge in [0.2, 0.25) is 5.91 Å². The molecule has 4 heteroatoms. The maximum absolute atomic E-state index is 10.8. The van der Waals surface area contributed by atoms with Crippen LogP contribution in [0.1, 0.15) is 6.92 Å². The summed E-state index contributed by atoms with van der Waals surface area (Å²) in [4.78, 5) is 13.0. The van der Waals surface area contributed by atoms with Gasteiger partial charge in [-0.05, 0) is 14.0 Å². The number of likely N-dealkylation sites (tertiary alicyclic amines) is 1. The van der Waals surface area contributed by atoms with Crippen molar-refractivity contribution >= 4 is 5.91 Å². The monoisotopic (exact) mass is 157 g/mol. The van der Waals surface area contributed by atoms with Gasteiger partial charge in [-0.25, -0.2) is 0 Å². The number of rotatable bonds is 2. The van der Waals surface area contributed by atoms with Crippen LogP contribution in [0.4, 0.5) is 0 Å². The van der Waals surface area contributed by atoms with Crippen LogP contribution in [0.5, 0.6) is 0 Å². The van der Waals surface area contributed by atoms with Crippen LogP contribution in [0, 0.1) is 5.92 Å². The Morgan fingerprint density at radius 2 is 2.09 bits per heavy atom. The molecule has 0 radical (unpaired) electrons. The first kappa shape index (κ1) is 8.49. The largest absolute Gasteiger partial charge is 0.368 e. The number of amides is 1. The molecule has 4 N–H and O–H groups in total. The van der Waals surface area contributed by atoms with Crippen molar-refractivity contribution in [1.29, 1.82) is 0 Å². The third kappa shape index (κ3) is 1.36. The van der Waals surface area contributed by atoms with Gasteiger partial charge in [0, 0.05) is 19.0 Å². The summed E-state index contributed by atoms with van der Waals surface area (Å²) in [5.41, 5.74) is 10.0. The number of primary amides is 1. The number of hydrogen-bond donors (Lipinski definition) is 2. The van der Waals surface area contributed by atoms with Crippen LogP contribution in [0.2, 0.25) is 0 Å². The van der Waals surface area contributed by atoms with Crippen molar-refractivity contribution in [3.63, 3.8) is 0 Å². The first-order valence-corrected chi connectivity index (χ1v) is 3.72. The van der Waals surface area contributed by atoms with Crippen molar-refractivity contribution in [2.24, 2.45) is 17.4 Å². The lowest BCUT2D eigenvalue weighted by atomic mass is 9.80. The number of hydrogen-bond acceptors (Lipinski definition) is 3. The summed E-state index contributed by atoms with van der Waals surface area (Å²) in [5.74, 6) is -0.180. The average Bonchev–Trinajstić information content (AvgIpc) is 1.80. The fraction of sp³-hybridized carbons (Fsp3) is 0.857. The molecule has 0 aromatic carbocycles. The van der Waals surface area contributed by atoms with Crippen molar-refractivity contribution in [1.82, 2.24) is 4.90 Å². The van der Waals surface area contributed by atoms with E-state index in [1.54, 1.807) is 6.92 Å². The molecule has 0 bridgehead atoms. The third-order valence-corrected chi connectivity index (χ3v) is 2.44. The second-order valence-electron chi connectivity index (χ2n) is 3.57. The lowest BCUT2D eigenvalue weighted by molar-refractivity contribution is -0.126. The van der Waals surface area contributed by atoms with Gasteiger partial charge in [-0.1, -0.05) is 0 Å².